The third-order valence-electron chi connectivity index (χ3n) is 4.10. The molecular weight excluding hydrogens is 212 g/mol. The van der Waals surface area contributed by atoms with E-state index in [9.17, 15) is 0 Å². The molecular formula is C13H24N4. The number of nitrogens with one attached hydrogen (secondary N) is 2. The van der Waals surface area contributed by atoms with E-state index >= 15 is 0 Å². The second-order valence-electron chi connectivity index (χ2n) is 5.05. The maximum Gasteiger partial charge on any atom is 0.0996 e. The molecule has 0 amide bonds. The van der Waals surface area contributed by atoms with E-state index in [1.54, 1.807) is 0 Å². The molecule has 0 aliphatic heterocycles. The summed E-state index contributed by atoms with van der Waals surface area (Å²) in [6, 6.07) is 0.379. The predicted molar refractivity (Wildman–Crippen MR) is 68.5 cm³/mol. The lowest BCUT2D eigenvalue weighted by Gasteiger charge is -2.36. The highest BCUT2D eigenvalue weighted by Gasteiger charge is 2.32. The van der Waals surface area contributed by atoms with Gasteiger partial charge in [-0.2, -0.15) is 15.4 Å². The van der Waals surface area contributed by atoms with E-state index in [4.69, 9.17) is 0 Å². The molecule has 3 unspecified atom stereocenters. The number of aromatic nitrogens is 3. The Morgan fingerprint density at radius 3 is 2.88 bits per heavy atom. The van der Waals surface area contributed by atoms with Crippen LogP contribution in [0.25, 0.3) is 0 Å². The molecule has 1 aliphatic carbocycles. The molecule has 1 aromatic rings. The summed E-state index contributed by atoms with van der Waals surface area (Å²) in [5.41, 5.74) is 1.08. The number of hydrogen-bond acceptors (Lipinski definition) is 3. The fourth-order valence-electron chi connectivity index (χ4n) is 3.24. The lowest BCUT2D eigenvalue weighted by Crippen LogP contribution is -2.34. The zero-order valence-corrected chi connectivity index (χ0v) is 10.9. The van der Waals surface area contributed by atoms with E-state index in [2.05, 4.69) is 34.6 Å². The van der Waals surface area contributed by atoms with Crippen LogP contribution in [0.4, 0.5) is 0 Å². The molecule has 96 valence electrons. The Hall–Kier alpha value is -0.900. The monoisotopic (exact) mass is 236 g/mol. The minimum absolute atomic E-state index is 0.379. The maximum atomic E-state index is 4.28. The molecule has 0 spiro atoms. The molecule has 1 fully saturated rings. The van der Waals surface area contributed by atoms with Gasteiger partial charge in [0.25, 0.3) is 0 Å². The van der Waals surface area contributed by atoms with Gasteiger partial charge in [-0.05, 0) is 24.8 Å². The van der Waals surface area contributed by atoms with Gasteiger partial charge in [-0.15, -0.1) is 0 Å². The van der Waals surface area contributed by atoms with Crippen molar-refractivity contribution < 1.29 is 0 Å². The van der Waals surface area contributed by atoms with Crippen LogP contribution < -0.4 is 5.32 Å². The van der Waals surface area contributed by atoms with E-state index < -0.39 is 0 Å². The first-order valence-electron chi connectivity index (χ1n) is 6.95. The van der Waals surface area contributed by atoms with Gasteiger partial charge in [-0.1, -0.05) is 39.5 Å². The molecule has 0 bridgehead atoms. The maximum absolute atomic E-state index is 4.28. The van der Waals surface area contributed by atoms with Crippen LogP contribution in [0, 0.1) is 11.8 Å². The van der Waals surface area contributed by atoms with Crippen LogP contribution in [0.1, 0.15) is 57.7 Å². The van der Waals surface area contributed by atoms with E-state index in [0.29, 0.717) is 6.04 Å². The lowest BCUT2D eigenvalue weighted by molar-refractivity contribution is 0.174. The third-order valence-corrected chi connectivity index (χ3v) is 4.10. The van der Waals surface area contributed by atoms with E-state index in [-0.39, 0.29) is 0 Å². The Labute approximate surface area is 104 Å². The Morgan fingerprint density at radius 2 is 2.24 bits per heavy atom. The summed E-state index contributed by atoms with van der Waals surface area (Å²) in [6.07, 6.45) is 8.61. The number of nitrogens with zero attached hydrogens (tertiary/aromatic N) is 2. The van der Waals surface area contributed by atoms with Crippen molar-refractivity contribution in [3.8, 4) is 0 Å². The molecule has 17 heavy (non-hydrogen) atoms. The molecule has 2 rings (SSSR count). The van der Waals surface area contributed by atoms with Crippen molar-refractivity contribution in [3.05, 3.63) is 11.9 Å². The van der Waals surface area contributed by atoms with Gasteiger partial charge < -0.3 is 5.32 Å². The summed E-state index contributed by atoms with van der Waals surface area (Å²) in [4.78, 5) is 0. The molecule has 1 saturated carbocycles. The molecule has 0 saturated heterocycles. The zero-order chi connectivity index (χ0) is 12.1. The minimum Gasteiger partial charge on any atom is -0.309 e. The van der Waals surface area contributed by atoms with Gasteiger partial charge in [0.15, 0.2) is 0 Å². The lowest BCUT2D eigenvalue weighted by atomic mass is 9.73. The Bertz CT molecular complexity index is 309. The quantitative estimate of drug-likeness (QED) is 0.826. The smallest absolute Gasteiger partial charge is 0.0996 e. The number of H-pyrrole nitrogens is 1. The van der Waals surface area contributed by atoms with Crippen LogP contribution in [0.15, 0.2) is 6.20 Å². The normalized spacial score (nSPS) is 26.9. The average molecular weight is 236 g/mol. The van der Waals surface area contributed by atoms with Gasteiger partial charge in [-0.3, -0.25) is 0 Å². The molecule has 4 nitrogen and oxygen atoms in total. The number of hydrogen-bond donors (Lipinski definition) is 2. The molecule has 1 aromatic heterocycles. The second-order valence-corrected chi connectivity index (χ2v) is 5.05. The summed E-state index contributed by atoms with van der Waals surface area (Å²) < 4.78 is 0. The second kappa shape index (κ2) is 6.15. The van der Waals surface area contributed by atoms with Crippen LogP contribution in [-0.2, 0) is 0 Å². The molecule has 4 heteroatoms. The van der Waals surface area contributed by atoms with Crippen molar-refractivity contribution in [1.29, 1.82) is 0 Å². The Balaban J connectivity index is 2.13. The Kier molecular flexibility index (Phi) is 4.54. The third kappa shape index (κ3) is 2.86. The fraction of sp³-hybridized carbons (Fsp3) is 0.846. The first-order chi connectivity index (χ1) is 8.36. The molecule has 0 radical (unpaired) electrons. The summed E-state index contributed by atoms with van der Waals surface area (Å²) in [7, 11) is 0. The Morgan fingerprint density at radius 1 is 1.41 bits per heavy atom. The summed E-state index contributed by atoms with van der Waals surface area (Å²) in [5, 5.41) is 14.6. The number of aromatic amines is 1. The topological polar surface area (TPSA) is 53.6 Å². The van der Waals surface area contributed by atoms with Crippen LogP contribution >= 0.6 is 0 Å². The van der Waals surface area contributed by atoms with Crippen molar-refractivity contribution in [1.82, 2.24) is 20.7 Å². The van der Waals surface area contributed by atoms with E-state index in [0.717, 1.165) is 24.1 Å². The highest BCUT2D eigenvalue weighted by Crippen LogP contribution is 2.39. The van der Waals surface area contributed by atoms with Gasteiger partial charge in [0.2, 0.25) is 0 Å². The van der Waals surface area contributed by atoms with Gasteiger partial charge in [-0.25, -0.2) is 0 Å². The van der Waals surface area contributed by atoms with Gasteiger partial charge >= 0.3 is 0 Å². The van der Waals surface area contributed by atoms with Gasteiger partial charge in [0, 0.05) is 0 Å². The van der Waals surface area contributed by atoms with Crippen molar-refractivity contribution in [2.75, 3.05) is 6.54 Å². The highest BCUT2D eigenvalue weighted by molar-refractivity contribution is 5.03. The largest absolute Gasteiger partial charge is 0.309 e. The van der Waals surface area contributed by atoms with Crippen LogP contribution in [0.2, 0.25) is 0 Å². The molecule has 0 aromatic carbocycles. The fourth-order valence-corrected chi connectivity index (χ4v) is 3.24. The molecule has 3 atom stereocenters. The summed E-state index contributed by atoms with van der Waals surface area (Å²) >= 11 is 0. The molecule has 2 N–H and O–H groups in total. The van der Waals surface area contributed by atoms with Crippen molar-refractivity contribution in [2.24, 2.45) is 11.8 Å². The highest BCUT2D eigenvalue weighted by atomic mass is 15.3. The van der Waals surface area contributed by atoms with Crippen molar-refractivity contribution >= 4 is 0 Å². The van der Waals surface area contributed by atoms with Gasteiger partial charge in [0.05, 0.1) is 17.9 Å². The standard InChI is InChI=1S/C13H24N4/c1-3-10-7-5-6-8-11(10)13(14-4-2)12-9-15-17-16-12/h9-11,13-14H,3-8H2,1-2H3,(H,15,16,17). The minimum atomic E-state index is 0.379. The first-order valence-corrected chi connectivity index (χ1v) is 6.95. The van der Waals surface area contributed by atoms with Crippen molar-refractivity contribution in [2.45, 2.75) is 52.0 Å². The zero-order valence-electron chi connectivity index (χ0n) is 10.9. The SMILES string of the molecule is CCNC(c1cn[nH]n1)C1CCCCC1CC. The van der Waals surface area contributed by atoms with Gasteiger partial charge in [0.1, 0.15) is 0 Å². The average Bonchev–Trinajstić information content (AvgIpc) is 2.89. The van der Waals surface area contributed by atoms with E-state index in [1.807, 2.05) is 6.20 Å². The number of rotatable bonds is 5. The summed E-state index contributed by atoms with van der Waals surface area (Å²) in [6.45, 7) is 5.47. The van der Waals surface area contributed by atoms with Crippen LogP contribution in [-0.4, -0.2) is 22.0 Å². The molecule has 1 heterocycles. The predicted octanol–water partition coefficient (Wildman–Crippen LogP) is 2.67. The first kappa shape index (κ1) is 12.6. The van der Waals surface area contributed by atoms with E-state index in [1.165, 1.54) is 32.1 Å². The molecule has 1 aliphatic rings. The van der Waals surface area contributed by atoms with Crippen LogP contribution in [0.5, 0.6) is 0 Å². The van der Waals surface area contributed by atoms with Crippen molar-refractivity contribution in [3.63, 3.8) is 0 Å². The van der Waals surface area contributed by atoms with Crippen LogP contribution in [0.3, 0.4) is 0 Å². The summed E-state index contributed by atoms with van der Waals surface area (Å²) in [5.74, 6) is 1.56.